The molecule has 0 saturated carbocycles. The summed E-state index contributed by atoms with van der Waals surface area (Å²) in [6.45, 7) is 3.36. The average molecular weight is 272 g/mol. The Balaban J connectivity index is 1.64. The van der Waals surface area contributed by atoms with Crippen molar-refractivity contribution in [3.05, 3.63) is 53.7 Å². The predicted octanol–water partition coefficient (Wildman–Crippen LogP) is 3.12. The van der Waals surface area contributed by atoms with Gasteiger partial charge in [-0.2, -0.15) is 0 Å². The Morgan fingerprint density at radius 2 is 2.10 bits per heavy atom. The normalized spacial score (nSPS) is 23.2. The van der Waals surface area contributed by atoms with Gasteiger partial charge in [0.1, 0.15) is 6.17 Å². The fraction of sp³-hybridized carbons (Fsp3) is 0.412. The first-order valence-electron chi connectivity index (χ1n) is 7.37. The first-order chi connectivity index (χ1) is 9.81. The van der Waals surface area contributed by atoms with Crippen molar-refractivity contribution in [2.24, 2.45) is 0 Å². The van der Waals surface area contributed by atoms with E-state index >= 15 is 0 Å². The number of piperidine rings is 1. The van der Waals surface area contributed by atoms with Crippen LogP contribution in [0.1, 0.15) is 24.0 Å². The Bertz CT molecular complexity index is 504. The molecule has 1 aromatic carbocycles. The Morgan fingerprint density at radius 1 is 1.25 bits per heavy atom. The second kappa shape index (κ2) is 6.23. The maximum absolute atomic E-state index is 13.4. The molecule has 1 atom stereocenters. The number of hydrogen-bond acceptors (Lipinski definition) is 2. The Morgan fingerprint density at radius 3 is 2.80 bits per heavy atom. The summed E-state index contributed by atoms with van der Waals surface area (Å²) in [5.74, 6) is 0. The maximum Gasteiger partial charge on any atom is 0.113 e. The summed E-state index contributed by atoms with van der Waals surface area (Å²) in [5, 5.41) is 3.22. The smallest absolute Gasteiger partial charge is 0.113 e. The fourth-order valence-electron chi connectivity index (χ4n) is 2.85. The lowest BCUT2D eigenvalue weighted by atomic mass is 10.0. The zero-order valence-corrected chi connectivity index (χ0v) is 11.7. The van der Waals surface area contributed by atoms with E-state index in [1.807, 2.05) is 6.20 Å². The number of nitrogens with zero attached hydrogens (tertiary/aromatic N) is 1. The van der Waals surface area contributed by atoms with Crippen LogP contribution in [-0.2, 0) is 6.54 Å². The SMILES string of the molecule is FC1CCCN(Cc2ccc(C3=CNCC=C3)cc2)C1. The fourth-order valence-corrected chi connectivity index (χ4v) is 2.85. The molecule has 0 bridgehead atoms. The number of benzene rings is 1. The number of hydrogen-bond donors (Lipinski definition) is 1. The molecule has 20 heavy (non-hydrogen) atoms. The molecule has 106 valence electrons. The summed E-state index contributed by atoms with van der Waals surface area (Å²) in [7, 11) is 0. The Labute approximate surface area is 120 Å². The molecule has 3 rings (SSSR count). The second-order valence-electron chi connectivity index (χ2n) is 5.58. The minimum atomic E-state index is -0.647. The summed E-state index contributed by atoms with van der Waals surface area (Å²) in [6.07, 6.45) is 7.37. The lowest BCUT2D eigenvalue weighted by Crippen LogP contribution is -2.35. The van der Waals surface area contributed by atoms with Crippen LogP contribution in [0.25, 0.3) is 5.57 Å². The van der Waals surface area contributed by atoms with Gasteiger partial charge in [0.15, 0.2) is 0 Å². The Hall–Kier alpha value is -1.61. The first kappa shape index (κ1) is 13.4. The van der Waals surface area contributed by atoms with Crippen LogP contribution in [0.3, 0.4) is 0 Å². The number of likely N-dealkylation sites (tertiary alicyclic amines) is 1. The molecular formula is C17H21FN2. The van der Waals surface area contributed by atoms with Crippen LogP contribution in [0.4, 0.5) is 4.39 Å². The molecule has 2 aliphatic rings. The lowest BCUT2D eigenvalue weighted by Gasteiger charge is -2.28. The molecule has 0 aliphatic carbocycles. The summed E-state index contributed by atoms with van der Waals surface area (Å²) < 4.78 is 13.4. The van der Waals surface area contributed by atoms with Crippen molar-refractivity contribution in [2.45, 2.75) is 25.6 Å². The summed E-state index contributed by atoms with van der Waals surface area (Å²) >= 11 is 0. The van der Waals surface area contributed by atoms with E-state index in [2.05, 4.69) is 46.6 Å². The molecule has 3 heteroatoms. The van der Waals surface area contributed by atoms with E-state index in [1.54, 1.807) is 0 Å². The largest absolute Gasteiger partial charge is 0.387 e. The number of dihydropyridines is 1. The van der Waals surface area contributed by atoms with Crippen molar-refractivity contribution in [3.8, 4) is 0 Å². The average Bonchev–Trinajstić information content (AvgIpc) is 2.49. The molecule has 1 aromatic rings. The molecule has 0 spiro atoms. The van der Waals surface area contributed by atoms with Gasteiger partial charge in [0.25, 0.3) is 0 Å². The van der Waals surface area contributed by atoms with Gasteiger partial charge in [-0.05, 0) is 36.1 Å². The van der Waals surface area contributed by atoms with Crippen LogP contribution in [0.2, 0.25) is 0 Å². The number of halogens is 1. The number of alkyl halides is 1. The lowest BCUT2D eigenvalue weighted by molar-refractivity contribution is 0.133. The van der Waals surface area contributed by atoms with E-state index in [0.29, 0.717) is 6.54 Å². The van der Waals surface area contributed by atoms with Crippen molar-refractivity contribution >= 4 is 5.57 Å². The van der Waals surface area contributed by atoms with Crippen molar-refractivity contribution in [2.75, 3.05) is 19.6 Å². The third-order valence-corrected chi connectivity index (χ3v) is 3.93. The van der Waals surface area contributed by atoms with Gasteiger partial charge < -0.3 is 5.32 Å². The van der Waals surface area contributed by atoms with Crippen LogP contribution in [-0.4, -0.2) is 30.7 Å². The molecular weight excluding hydrogens is 251 g/mol. The Kier molecular flexibility index (Phi) is 4.16. The van der Waals surface area contributed by atoms with Crippen LogP contribution < -0.4 is 5.32 Å². The highest BCUT2D eigenvalue weighted by atomic mass is 19.1. The van der Waals surface area contributed by atoms with E-state index in [0.717, 1.165) is 32.5 Å². The van der Waals surface area contributed by atoms with Gasteiger partial charge >= 0.3 is 0 Å². The molecule has 0 aromatic heterocycles. The molecule has 2 nitrogen and oxygen atoms in total. The highest BCUT2D eigenvalue weighted by Gasteiger charge is 2.18. The van der Waals surface area contributed by atoms with Crippen molar-refractivity contribution in [1.82, 2.24) is 10.2 Å². The minimum Gasteiger partial charge on any atom is -0.387 e. The van der Waals surface area contributed by atoms with Gasteiger partial charge in [-0.25, -0.2) is 4.39 Å². The van der Waals surface area contributed by atoms with Crippen molar-refractivity contribution in [3.63, 3.8) is 0 Å². The first-order valence-corrected chi connectivity index (χ1v) is 7.37. The van der Waals surface area contributed by atoms with Crippen LogP contribution in [0.15, 0.2) is 42.6 Å². The third-order valence-electron chi connectivity index (χ3n) is 3.93. The van der Waals surface area contributed by atoms with E-state index < -0.39 is 6.17 Å². The number of allylic oxidation sites excluding steroid dienone is 2. The topological polar surface area (TPSA) is 15.3 Å². The highest BCUT2D eigenvalue weighted by molar-refractivity contribution is 5.74. The maximum atomic E-state index is 13.4. The number of nitrogens with one attached hydrogen (secondary N) is 1. The van der Waals surface area contributed by atoms with E-state index in [-0.39, 0.29) is 0 Å². The van der Waals surface area contributed by atoms with Crippen molar-refractivity contribution < 1.29 is 4.39 Å². The zero-order chi connectivity index (χ0) is 13.8. The molecule has 1 fully saturated rings. The van der Waals surface area contributed by atoms with Gasteiger partial charge in [0.05, 0.1) is 0 Å². The van der Waals surface area contributed by atoms with Gasteiger partial charge in [-0.1, -0.05) is 36.4 Å². The standard InChI is InChI=1S/C17H21FN2/c18-17-4-2-10-20(13-17)12-14-5-7-15(8-6-14)16-3-1-9-19-11-16/h1,3,5-8,11,17,19H,2,4,9-10,12-13H2. The van der Waals surface area contributed by atoms with E-state index in [1.165, 1.54) is 16.7 Å². The predicted molar refractivity (Wildman–Crippen MR) is 81.0 cm³/mol. The monoisotopic (exact) mass is 272 g/mol. The van der Waals surface area contributed by atoms with Crippen LogP contribution in [0.5, 0.6) is 0 Å². The van der Waals surface area contributed by atoms with Crippen LogP contribution in [0, 0.1) is 0 Å². The summed E-state index contributed by atoms with van der Waals surface area (Å²) in [4.78, 5) is 2.21. The van der Waals surface area contributed by atoms with Gasteiger partial charge in [-0.15, -0.1) is 0 Å². The van der Waals surface area contributed by atoms with Crippen LogP contribution >= 0.6 is 0 Å². The molecule has 1 saturated heterocycles. The molecule has 1 N–H and O–H groups in total. The number of rotatable bonds is 3. The van der Waals surface area contributed by atoms with Gasteiger partial charge in [-0.3, -0.25) is 4.90 Å². The minimum absolute atomic E-state index is 0.583. The molecule has 0 amide bonds. The van der Waals surface area contributed by atoms with Gasteiger partial charge in [0.2, 0.25) is 0 Å². The summed E-state index contributed by atoms with van der Waals surface area (Å²) in [5.41, 5.74) is 3.69. The van der Waals surface area contributed by atoms with Gasteiger partial charge in [0, 0.05) is 25.8 Å². The van der Waals surface area contributed by atoms with E-state index in [9.17, 15) is 4.39 Å². The highest BCUT2D eigenvalue weighted by Crippen LogP contribution is 2.20. The molecule has 2 aliphatic heterocycles. The third kappa shape index (κ3) is 3.28. The quantitative estimate of drug-likeness (QED) is 0.909. The summed E-state index contributed by atoms with van der Waals surface area (Å²) in [6, 6.07) is 8.60. The molecule has 0 radical (unpaired) electrons. The molecule has 1 unspecified atom stereocenters. The van der Waals surface area contributed by atoms with Crippen molar-refractivity contribution in [1.29, 1.82) is 0 Å². The molecule has 2 heterocycles. The second-order valence-corrected chi connectivity index (χ2v) is 5.58. The van der Waals surface area contributed by atoms with E-state index in [4.69, 9.17) is 0 Å². The zero-order valence-electron chi connectivity index (χ0n) is 11.7.